The summed E-state index contributed by atoms with van der Waals surface area (Å²) in [4.78, 5) is 49.0. The third kappa shape index (κ3) is 6.76. The Morgan fingerprint density at radius 2 is 1.66 bits per heavy atom. The third-order valence-corrected chi connectivity index (χ3v) is 4.90. The Hall–Kier alpha value is -3.13. The SMILES string of the molecule is CCNC(=O)NC(=O)[C@H](OC(=O)c1ccccc1SCC(C)=O)c1ccccc1. The molecule has 0 bridgehead atoms. The number of amides is 3. The minimum atomic E-state index is -1.31. The van der Waals surface area contributed by atoms with Crippen LogP contribution in [0.5, 0.6) is 0 Å². The Labute approximate surface area is 173 Å². The van der Waals surface area contributed by atoms with E-state index in [1.165, 1.54) is 18.7 Å². The Balaban J connectivity index is 2.25. The van der Waals surface area contributed by atoms with Crippen molar-refractivity contribution in [3.63, 3.8) is 0 Å². The molecule has 0 aliphatic rings. The molecule has 0 spiro atoms. The van der Waals surface area contributed by atoms with E-state index in [4.69, 9.17) is 4.74 Å². The first-order valence-corrected chi connectivity index (χ1v) is 9.96. The molecule has 0 saturated heterocycles. The lowest BCUT2D eigenvalue weighted by Gasteiger charge is -2.18. The zero-order valence-electron chi connectivity index (χ0n) is 16.1. The molecule has 7 nitrogen and oxygen atoms in total. The van der Waals surface area contributed by atoms with Crippen LogP contribution in [0.3, 0.4) is 0 Å². The number of rotatable bonds is 8. The van der Waals surface area contributed by atoms with E-state index in [0.29, 0.717) is 17.0 Å². The molecule has 2 aromatic carbocycles. The molecule has 0 aliphatic heterocycles. The number of thioether (sulfide) groups is 1. The topological polar surface area (TPSA) is 102 Å². The third-order valence-electron chi connectivity index (χ3n) is 3.68. The van der Waals surface area contributed by atoms with Crippen LogP contribution in [0, 0.1) is 0 Å². The molecule has 0 heterocycles. The van der Waals surface area contributed by atoms with Gasteiger partial charge in [-0.05, 0) is 26.0 Å². The smallest absolute Gasteiger partial charge is 0.340 e. The molecular weight excluding hydrogens is 392 g/mol. The fraction of sp³-hybridized carbons (Fsp3) is 0.238. The summed E-state index contributed by atoms with van der Waals surface area (Å²) < 4.78 is 5.48. The standard InChI is InChI=1S/C21H22N2O5S/c1-3-22-21(27)23-19(25)18(15-9-5-4-6-10-15)28-20(26)16-11-7-8-12-17(16)29-13-14(2)24/h4-12,18H,3,13H2,1-2H3,(H2,22,23,25,27)/t18-/m1/s1. The van der Waals surface area contributed by atoms with Crippen molar-refractivity contribution in [3.05, 3.63) is 65.7 Å². The molecule has 0 aromatic heterocycles. The van der Waals surface area contributed by atoms with E-state index in [1.54, 1.807) is 61.5 Å². The van der Waals surface area contributed by atoms with Gasteiger partial charge < -0.3 is 10.1 Å². The molecule has 29 heavy (non-hydrogen) atoms. The van der Waals surface area contributed by atoms with Crippen LogP contribution in [0.25, 0.3) is 0 Å². The summed E-state index contributed by atoms with van der Waals surface area (Å²) in [7, 11) is 0. The average molecular weight is 414 g/mol. The van der Waals surface area contributed by atoms with Crippen molar-refractivity contribution in [2.75, 3.05) is 12.3 Å². The van der Waals surface area contributed by atoms with Gasteiger partial charge >= 0.3 is 12.0 Å². The normalized spacial score (nSPS) is 11.2. The van der Waals surface area contributed by atoms with Crippen LogP contribution in [0.4, 0.5) is 4.79 Å². The summed E-state index contributed by atoms with van der Waals surface area (Å²) in [6.07, 6.45) is -1.31. The Bertz CT molecular complexity index is 886. The van der Waals surface area contributed by atoms with Gasteiger partial charge in [0.05, 0.1) is 11.3 Å². The van der Waals surface area contributed by atoms with Gasteiger partial charge in [0.15, 0.2) is 0 Å². The highest BCUT2D eigenvalue weighted by molar-refractivity contribution is 8.00. The van der Waals surface area contributed by atoms with Crippen LogP contribution in [0.15, 0.2) is 59.5 Å². The summed E-state index contributed by atoms with van der Waals surface area (Å²) >= 11 is 1.22. The van der Waals surface area contributed by atoms with E-state index in [1.807, 2.05) is 0 Å². The van der Waals surface area contributed by atoms with Crippen LogP contribution >= 0.6 is 11.8 Å². The van der Waals surface area contributed by atoms with Gasteiger partial charge in [-0.1, -0.05) is 42.5 Å². The first-order valence-electron chi connectivity index (χ1n) is 8.98. The quantitative estimate of drug-likeness (QED) is 0.508. The lowest BCUT2D eigenvalue weighted by Crippen LogP contribution is -2.42. The number of Topliss-reactive ketones (excluding diaryl/α,β-unsaturated/α-hetero) is 1. The van der Waals surface area contributed by atoms with Crippen molar-refractivity contribution >= 4 is 35.5 Å². The van der Waals surface area contributed by atoms with Crippen molar-refractivity contribution in [3.8, 4) is 0 Å². The van der Waals surface area contributed by atoms with E-state index in [0.717, 1.165) is 0 Å². The minimum Gasteiger partial charge on any atom is -0.444 e. The highest BCUT2D eigenvalue weighted by Crippen LogP contribution is 2.26. The van der Waals surface area contributed by atoms with Crippen molar-refractivity contribution in [2.24, 2.45) is 0 Å². The molecule has 2 aromatic rings. The molecule has 1 atom stereocenters. The van der Waals surface area contributed by atoms with Crippen LogP contribution < -0.4 is 10.6 Å². The highest BCUT2D eigenvalue weighted by Gasteiger charge is 2.28. The zero-order chi connectivity index (χ0) is 21.2. The van der Waals surface area contributed by atoms with Gasteiger partial charge in [-0.25, -0.2) is 9.59 Å². The van der Waals surface area contributed by atoms with Gasteiger partial charge in [-0.15, -0.1) is 11.8 Å². The number of hydrogen-bond acceptors (Lipinski definition) is 6. The number of ketones is 1. The van der Waals surface area contributed by atoms with Gasteiger partial charge in [-0.3, -0.25) is 14.9 Å². The number of carbonyl (C=O) groups is 4. The monoisotopic (exact) mass is 414 g/mol. The molecule has 0 saturated carbocycles. The molecule has 0 fully saturated rings. The number of urea groups is 1. The van der Waals surface area contributed by atoms with Crippen molar-refractivity contribution in [1.29, 1.82) is 0 Å². The fourth-order valence-corrected chi connectivity index (χ4v) is 3.23. The minimum absolute atomic E-state index is 0.0263. The summed E-state index contributed by atoms with van der Waals surface area (Å²) in [6, 6.07) is 14.4. The highest BCUT2D eigenvalue weighted by atomic mass is 32.2. The van der Waals surface area contributed by atoms with Crippen LogP contribution in [0.2, 0.25) is 0 Å². The maximum Gasteiger partial charge on any atom is 0.340 e. The van der Waals surface area contributed by atoms with Crippen molar-refractivity contribution < 1.29 is 23.9 Å². The van der Waals surface area contributed by atoms with Gasteiger partial charge in [0.1, 0.15) is 5.78 Å². The number of hydrogen-bond donors (Lipinski definition) is 2. The average Bonchev–Trinajstić information content (AvgIpc) is 2.71. The van der Waals surface area contributed by atoms with Crippen LogP contribution in [-0.2, 0) is 14.3 Å². The lowest BCUT2D eigenvalue weighted by atomic mass is 10.1. The summed E-state index contributed by atoms with van der Waals surface area (Å²) in [5, 5.41) is 4.63. The summed E-state index contributed by atoms with van der Waals surface area (Å²) in [5.74, 6) is -1.30. The predicted molar refractivity (Wildman–Crippen MR) is 110 cm³/mol. The lowest BCUT2D eigenvalue weighted by molar-refractivity contribution is -0.129. The van der Waals surface area contributed by atoms with Crippen molar-refractivity contribution in [1.82, 2.24) is 10.6 Å². The molecule has 3 amide bonds. The second kappa shape index (κ2) is 11.0. The largest absolute Gasteiger partial charge is 0.444 e. The zero-order valence-corrected chi connectivity index (χ0v) is 17.0. The molecule has 2 rings (SSSR count). The number of imide groups is 1. The van der Waals surface area contributed by atoms with Crippen LogP contribution in [0.1, 0.15) is 35.9 Å². The van der Waals surface area contributed by atoms with E-state index >= 15 is 0 Å². The van der Waals surface area contributed by atoms with E-state index < -0.39 is 24.0 Å². The Kier molecular flexibility index (Phi) is 8.42. The second-order valence-corrected chi connectivity index (χ2v) is 7.05. The fourth-order valence-electron chi connectivity index (χ4n) is 2.39. The Morgan fingerprint density at radius 3 is 2.31 bits per heavy atom. The molecule has 0 unspecified atom stereocenters. The van der Waals surface area contributed by atoms with Gasteiger partial charge in [0, 0.05) is 17.0 Å². The number of benzene rings is 2. The second-order valence-electron chi connectivity index (χ2n) is 6.03. The van der Waals surface area contributed by atoms with Gasteiger partial charge in [0.2, 0.25) is 6.10 Å². The Morgan fingerprint density at radius 1 is 1.00 bits per heavy atom. The molecular formula is C21H22N2O5S. The molecule has 0 radical (unpaired) electrons. The van der Waals surface area contributed by atoms with E-state index in [9.17, 15) is 19.2 Å². The van der Waals surface area contributed by atoms with E-state index in [-0.39, 0.29) is 17.1 Å². The summed E-state index contributed by atoms with van der Waals surface area (Å²) in [5.41, 5.74) is 0.669. The molecule has 2 N–H and O–H groups in total. The van der Waals surface area contributed by atoms with Crippen LogP contribution in [-0.4, -0.2) is 36.0 Å². The molecule has 8 heteroatoms. The number of nitrogens with one attached hydrogen (secondary N) is 2. The summed E-state index contributed by atoms with van der Waals surface area (Å²) in [6.45, 7) is 3.52. The predicted octanol–water partition coefficient (Wildman–Crippen LogP) is 3.11. The van der Waals surface area contributed by atoms with E-state index in [2.05, 4.69) is 10.6 Å². The van der Waals surface area contributed by atoms with Gasteiger partial charge in [-0.2, -0.15) is 0 Å². The molecule has 152 valence electrons. The van der Waals surface area contributed by atoms with Crippen molar-refractivity contribution in [2.45, 2.75) is 24.8 Å². The number of esters is 1. The number of carbonyl (C=O) groups excluding carboxylic acids is 4. The molecule has 0 aliphatic carbocycles. The first kappa shape index (κ1) is 22.2. The number of ether oxygens (including phenoxy) is 1. The first-order chi connectivity index (χ1) is 13.9. The maximum absolute atomic E-state index is 12.8. The van der Waals surface area contributed by atoms with Gasteiger partial charge in [0.25, 0.3) is 5.91 Å². The maximum atomic E-state index is 12.8.